The predicted molar refractivity (Wildman–Crippen MR) is 83.3 cm³/mol. The van der Waals surface area contributed by atoms with Gasteiger partial charge in [-0.15, -0.1) is 0 Å². The molecule has 2 N–H and O–H groups in total. The number of anilines is 1. The van der Waals surface area contributed by atoms with Crippen LogP contribution in [0.5, 0.6) is 5.75 Å². The van der Waals surface area contributed by atoms with E-state index in [2.05, 4.69) is 17.1 Å². The van der Waals surface area contributed by atoms with Gasteiger partial charge in [-0.05, 0) is 45.0 Å². The third-order valence-corrected chi connectivity index (χ3v) is 4.06. The Labute approximate surface area is 125 Å². The van der Waals surface area contributed by atoms with E-state index in [0.29, 0.717) is 17.5 Å². The molecule has 1 saturated heterocycles. The smallest absolute Gasteiger partial charge is 0.337 e. The number of nitrogens with zero attached hydrogens (tertiary/aromatic N) is 1. The fraction of sp³-hybridized carbons (Fsp3) is 0.562. The van der Waals surface area contributed by atoms with Crippen LogP contribution in [0.25, 0.3) is 0 Å². The van der Waals surface area contributed by atoms with Crippen molar-refractivity contribution in [2.45, 2.75) is 32.2 Å². The third kappa shape index (κ3) is 4.11. The molecule has 0 aliphatic carbocycles. The Morgan fingerprint density at radius 2 is 2.10 bits per heavy atom. The van der Waals surface area contributed by atoms with E-state index in [4.69, 9.17) is 4.74 Å². The molecule has 0 saturated carbocycles. The highest BCUT2D eigenvalue weighted by atomic mass is 16.5. The average Bonchev–Trinajstić information content (AvgIpc) is 2.52. The Hall–Kier alpha value is -1.75. The van der Waals surface area contributed by atoms with Crippen LogP contribution in [0.15, 0.2) is 18.2 Å². The molecular weight excluding hydrogens is 268 g/mol. The zero-order valence-electron chi connectivity index (χ0n) is 12.8. The quantitative estimate of drug-likeness (QED) is 0.844. The minimum Gasteiger partial charge on any atom is -0.497 e. The van der Waals surface area contributed by atoms with E-state index >= 15 is 0 Å². The number of hydrogen-bond donors (Lipinski definition) is 2. The van der Waals surface area contributed by atoms with Crippen molar-refractivity contribution in [3.8, 4) is 5.75 Å². The van der Waals surface area contributed by atoms with Gasteiger partial charge in [0.25, 0.3) is 0 Å². The van der Waals surface area contributed by atoms with Crippen LogP contribution in [0.1, 0.15) is 36.5 Å². The number of likely N-dealkylation sites (tertiary alicyclic amines) is 1. The molecule has 5 nitrogen and oxygen atoms in total. The van der Waals surface area contributed by atoms with Gasteiger partial charge in [-0.25, -0.2) is 4.79 Å². The molecule has 0 spiro atoms. The van der Waals surface area contributed by atoms with Gasteiger partial charge in [-0.1, -0.05) is 6.42 Å². The van der Waals surface area contributed by atoms with Crippen LogP contribution in [-0.2, 0) is 0 Å². The first-order chi connectivity index (χ1) is 10.1. The molecule has 0 aromatic heterocycles. The molecular formula is C16H24N2O3. The van der Waals surface area contributed by atoms with E-state index in [9.17, 15) is 9.90 Å². The van der Waals surface area contributed by atoms with Crippen LogP contribution in [-0.4, -0.2) is 48.8 Å². The van der Waals surface area contributed by atoms with Gasteiger partial charge in [0.1, 0.15) is 5.75 Å². The molecule has 1 unspecified atom stereocenters. The van der Waals surface area contributed by atoms with Crippen molar-refractivity contribution in [2.75, 3.05) is 32.1 Å². The van der Waals surface area contributed by atoms with E-state index < -0.39 is 5.97 Å². The second-order valence-electron chi connectivity index (χ2n) is 5.54. The molecule has 1 fully saturated rings. The molecule has 1 heterocycles. The molecule has 1 aliphatic rings. The fourth-order valence-electron chi connectivity index (χ4n) is 2.73. The van der Waals surface area contributed by atoms with Crippen molar-refractivity contribution in [1.29, 1.82) is 0 Å². The van der Waals surface area contributed by atoms with Gasteiger partial charge in [0, 0.05) is 18.7 Å². The summed E-state index contributed by atoms with van der Waals surface area (Å²) in [4.78, 5) is 13.7. The van der Waals surface area contributed by atoms with Crippen molar-refractivity contribution < 1.29 is 14.6 Å². The maximum Gasteiger partial charge on any atom is 0.337 e. The lowest BCUT2D eigenvalue weighted by Crippen LogP contribution is -2.41. The second-order valence-corrected chi connectivity index (χ2v) is 5.54. The van der Waals surface area contributed by atoms with Gasteiger partial charge < -0.3 is 15.2 Å². The minimum atomic E-state index is -0.925. The van der Waals surface area contributed by atoms with Gasteiger partial charge in [-0.2, -0.15) is 0 Å². The third-order valence-electron chi connectivity index (χ3n) is 4.06. The normalized spacial score (nSPS) is 17.2. The molecule has 0 bridgehead atoms. The number of nitrogens with one attached hydrogen (secondary N) is 1. The van der Waals surface area contributed by atoms with Gasteiger partial charge in [0.05, 0.1) is 18.4 Å². The largest absolute Gasteiger partial charge is 0.497 e. The Bertz CT molecular complexity index is 484. The highest BCUT2D eigenvalue weighted by Crippen LogP contribution is 2.23. The highest BCUT2D eigenvalue weighted by molar-refractivity contribution is 5.94. The molecule has 1 aromatic rings. The first-order valence-corrected chi connectivity index (χ1v) is 7.51. The first kappa shape index (κ1) is 15.6. The van der Waals surface area contributed by atoms with Crippen molar-refractivity contribution >= 4 is 11.7 Å². The molecule has 0 amide bonds. The van der Waals surface area contributed by atoms with Gasteiger partial charge in [0.2, 0.25) is 0 Å². The summed E-state index contributed by atoms with van der Waals surface area (Å²) in [5.74, 6) is -0.265. The van der Waals surface area contributed by atoms with Gasteiger partial charge in [-0.3, -0.25) is 4.90 Å². The Morgan fingerprint density at radius 3 is 2.71 bits per heavy atom. The number of aromatic carboxylic acids is 1. The van der Waals surface area contributed by atoms with Gasteiger partial charge >= 0.3 is 5.97 Å². The summed E-state index contributed by atoms with van der Waals surface area (Å²) in [5.41, 5.74) is 0.896. The molecule has 1 aromatic carbocycles. The molecule has 5 heteroatoms. The van der Waals surface area contributed by atoms with Crippen molar-refractivity contribution in [1.82, 2.24) is 4.90 Å². The summed E-state index contributed by atoms with van der Waals surface area (Å²) in [6.07, 6.45) is 3.82. The summed E-state index contributed by atoms with van der Waals surface area (Å²) in [6.45, 7) is 5.17. The van der Waals surface area contributed by atoms with Crippen LogP contribution in [0.3, 0.4) is 0 Å². The maximum atomic E-state index is 11.3. The van der Waals surface area contributed by atoms with Crippen molar-refractivity contribution in [2.24, 2.45) is 0 Å². The number of piperidine rings is 1. The summed E-state index contributed by atoms with van der Waals surface area (Å²) < 4.78 is 5.17. The first-order valence-electron chi connectivity index (χ1n) is 7.51. The summed E-state index contributed by atoms with van der Waals surface area (Å²) in [6, 6.07) is 5.38. The summed E-state index contributed by atoms with van der Waals surface area (Å²) in [7, 11) is 1.58. The van der Waals surface area contributed by atoms with Crippen LogP contribution < -0.4 is 10.1 Å². The van der Waals surface area contributed by atoms with E-state index in [0.717, 1.165) is 19.6 Å². The van der Waals surface area contributed by atoms with E-state index in [1.54, 1.807) is 25.3 Å². The van der Waals surface area contributed by atoms with Crippen LogP contribution in [0.4, 0.5) is 5.69 Å². The van der Waals surface area contributed by atoms with Crippen LogP contribution in [0.2, 0.25) is 0 Å². The topological polar surface area (TPSA) is 61.8 Å². The van der Waals surface area contributed by atoms with Crippen LogP contribution >= 0.6 is 0 Å². The molecule has 21 heavy (non-hydrogen) atoms. The number of carboxylic acid groups (broad SMARTS) is 1. The molecule has 2 rings (SSSR count). The predicted octanol–water partition coefficient (Wildman–Crippen LogP) is 2.68. The lowest BCUT2D eigenvalue weighted by Gasteiger charge is -2.32. The van der Waals surface area contributed by atoms with E-state index in [-0.39, 0.29) is 5.56 Å². The Balaban J connectivity index is 2.02. The highest BCUT2D eigenvalue weighted by Gasteiger charge is 2.17. The minimum absolute atomic E-state index is 0.279. The zero-order chi connectivity index (χ0) is 15.2. The zero-order valence-corrected chi connectivity index (χ0v) is 12.8. The number of carbonyl (C=O) groups is 1. The number of ether oxygens (including phenoxy) is 1. The van der Waals surface area contributed by atoms with Crippen molar-refractivity contribution in [3.63, 3.8) is 0 Å². The number of benzene rings is 1. The lowest BCUT2D eigenvalue weighted by atomic mass is 10.1. The van der Waals surface area contributed by atoms with Crippen molar-refractivity contribution in [3.05, 3.63) is 23.8 Å². The molecule has 1 atom stereocenters. The van der Waals surface area contributed by atoms with E-state index in [1.807, 2.05) is 0 Å². The maximum absolute atomic E-state index is 11.3. The fourth-order valence-corrected chi connectivity index (χ4v) is 2.73. The monoisotopic (exact) mass is 292 g/mol. The SMILES string of the molecule is COc1ccc(C(=O)O)c(NCC(C)N2CCCCC2)c1. The number of hydrogen-bond acceptors (Lipinski definition) is 4. The number of carboxylic acids is 1. The van der Waals surface area contributed by atoms with Gasteiger partial charge in [0.15, 0.2) is 0 Å². The Kier molecular flexibility index (Phi) is 5.44. The second kappa shape index (κ2) is 7.31. The summed E-state index contributed by atoms with van der Waals surface area (Å²) in [5, 5.41) is 12.5. The lowest BCUT2D eigenvalue weighted by molar-refractivity contribution is 0.0698. The average molecular weight is 292 g/mol. The molecule has 1 aliphatic heterocycles. The van der Waals surface area contributed by atoms with E-state index in [1.165, 1.54) is 19.3 Å². The summed E-state index contributed by atoms with van der Waals surface area (Å²) >= 11 is 0. The number of rotatable bonds is 6. The molecule has 116 valence electrons. The molecule has 0 radical (unpaired) electrons. The number of methoxy groups -OCH3 is 1. The standard InChI is InChI=1S/C16H24N2O3/c1-12(18-8-4-3-5-9-18)11-17-15-10-13(21-2)6-7-14(15)16(19)20/h6-7,10,12,17H,3-5,8-9,11H2,1-2H3,(H,19,20). The van der Waals surface area contributed by atoms with Crippen LogP contribution in [0, 0.1) is 0 Å². The Morgan fingerprint density at radius 1 is 1.38 bits per heavy atom.